The van der Waals surface area contributed by atoms with Crippen molar-refractivity contribution in [3.8, 4) is 11.5 Å². The lowest BCUT2D eigenvalue weighted by Gasteiger charge is -2.19. The normalized spacial score (nSPS) is 13.4. The van der Waals surface area contributed by atoms with Crippen molar-refractivity contribution in [1.29, 1.82) is 0 Å². The van der Waals surface area contributed by atoms with E-state index in [0.29, 0.717) is 42.4 Å². The molecule has 0 saturated carbocycles. The molecule has 0 fully saturated rings. The Balaban J connectivity index is 1.39. The lowest BCUT2D eigenvalue weighted by atomic mass is 10.0. The fraction of sp³-hybridized carbons (Fsp3) is 0.320. The number of thiazole rings is 1. The van der Waals surface area contributed by atoms with Gasteiger partial charge >= 0.3 is 0 Å². The Bertz CT molecular complexity index is 1130. The van der Waals surface area contributed by atoms with Crippen molar-refractivity contribution >= 4 is 28.7 Å². The van der Waals surface area contributed by atoms with E-state index in [9.17, 15) is 9.59 Å². The molecule has 3 N–H and O–H groups in total. The van der Waals surface area contributed by atoms with Crippen molar-refractivity contribution in [2.75, 3.05) is 18.9 Å². The zero-order chi connectivity index (χ0) is 23.2. The molecule has 0 aliphatic carbocycles. The van der Waals surface area contributed by atoms with Crippen LogP contribution in [0, 0.1) is 0 Å². The number of benzene rings is 2. The summed E-state index contributed by atoms with van der Waals surface area (Å²) >= 11 is 1.54. The number of aryl methyl sites for hydroxylation is 1. The van der Waals surface area contributed by atoms with Crippen LogP contribution in [0.3, 0.4) is 0 Å². The van der Waals surface area contributed by atoms with E-state index >= 15 is 0 Å². The molecule has 1 aromatic heterocycles. The highest BCUT2D eigenvalue weighted by atomic mass is 32.1. The number of rotatable bonds is 9. The number of nitrogen functional groups attached to an aromatic ring is 1. The van der Waals surface area contributed by atoms with E-state index in [-0.39, 0.29) is 30.6 Å². The molecule has 8 heteroatoms. The Hall–Kier alpha value is -3.39. The van der Waals surface area contributed by atoms with Crippen LogP contribution >= 0.6 is 11.3 Å². The summed E-state index contributed by atoms with van der Waals surface area (Å²) in [5.41, 5.74) is 9.05. The third-order valence-corrected chi connectivity index (χ3v) is 6.44. The van der Waals surface area contributed by atoms with E-state index < -0.39 is 0 Å². The van der Waals surface area contributed by atoms with Crippen LogP contribution in [-0.2, 0) is 17.6 Å². The van der Waals surface area contributed by atoms with E-state index in [1.807, 2.05) is 29.6 Å². The molecular weight excluding hydrogens is 438 g/mol. The molecule has 0 saturated heterocycles. The number of ketones is 1. The maximum atomic E-state index is 12.8. The first-order chi connectivity index (χ1) is 16.0. The molecule has 2 aromatic carbocycles. The van der Waals surface area contributed by atoms with Gasteiger partial charge in [-0.25, -0.2) is 4.98 Å². The molecule has 0 radical (unpaired) electrons. The maximum absolute atomic E-state index is 12.8. The molecule has 1 atom stereocenters. The van der Waals surface area contributed by atoms with E-state index in [1.165, 1.54) is 11.3 Å². The number of Topliss-reactive ketones (excluding diaryl/α,β-unsaturated/α-hetero) is 1. The van der Waals surface area contributed by atoms with Crippen LogP contribution in [0.1, 0.15) is 52.4 Å². The Labute approximate surface area is 196 Å². The SMILES string of the molecule is CCc1csc(C(Cc2ccc(N)cc2)NC(=O)CCC(=O)c2ccc3c(c2)OCCO3)n1. The van der Waals surface area contributed by atoms with Gasteiger partial charge in [0.2, 0.25) is 5.91 Å². The van der Waals surface area contributed by atoms with Gasteiger partial charge in [0.25, 0.3) is 0 Å². The summed E-state index contributed by atoms with van der Waals surface area (Å²) < 4.78 is 11.0. The monoisotopic (exact) mass is 465 g/mol. The first-order valence-electron chi connectivity index (χ1n) is 11.0. The molecule has 4 rings (SSSR count). The molecule has 1 aliphatic heterocycles. The number of anilines is 1. The smallest absolute Gasteiger partial charge is 0.221 e. The average molecular weight is 466 g/mol. The van der Waals surface area contributed by atoms with Gasteiger partial charge in [-0.05, 0) is 48.7 Å². The van der Waals surface area contributed by atoms with Crippen molar-refractivity contribution in [3.05, 3.63) is 69.7 Å². The molecule has 172 valence electrons. The second-order valence-corrected chi connectivity index (χ2v) is 8.77. The molecule has 1 amide bonds. The van der Waals surface area contributed by atoms with Crippen LogP contribution in [0.25, 0.3) is 0 Å². The summed E-state index contributed by atoms with van der Waals surface area (Å²) in [6.45, 7) is 3.01. The summed E-state index contributed by atoms with van der Waals surface area (Å²) in [5, 5.41) is 5.94. The van der Waals surface area contributed by atoms with Gasteiger partial charge in [0.15, 0.2) is 17.3 Å². The van der Waals surface area contributed by atoms with Crippen LogP contribution in [0.15, 0.2) is 47.8 Å². The lowest BCUT2D eigenvalue weighted by Crippen LogP contribution is -2.30. The summed E-state index contributed by atoms with van der Waals surface area (Å²) in [6, 6.07) is 12.5. The van der Waals surface area contributed by atoms with Crippen LogP contribution in [-0.4, -0.2) is 29.9 Å². The van der Waals surface area contributed by atoms with Gasteiger partial charge in [0.1, 0.15) is 18.2 Å². The Morgan fingerprint density at radius 1 is 1.09 bits per heavy atom. The zero-order valence-corrected chi connectivity index (χ0v) is 19.3. The number of nitrogens with zero attached hydrogens (tertiary/aromatic N) is 1. The minimum atomic E-state index is -0.268. The Morgan fingerprint density at radius 3 is 2.58 bits per heavy atom. The molecule has 7 nitrogen and oxygen atoms in total. The molecule has 0 spiro atoms. The largest absolute Gasteiger partial charge is 0.486 e. The van der Waals surface area contributed by atoms with Gasteiger partial charge < -0.3 is 20.5 Å². The average Bonchev–Trinajstić information content (AvgIpc) is 3.32. The highest BCUT2D eigenvalue weighted by Crippen LogP contribution is 2.31. The van der Waals surface area contributed by atoms with Gasteiger partial charge in [-0.2, -0.15) is 0 Å². The fourth-order valence-corrected chi connectivity index (χ4v) is 4.54. The molecule has 1 unspecified atom stereocenters. The Morgan fingerprint density at radius 2 is 1.85 bits per heavy atom. The number of ether oxygens (including phenoxy) is 2. The number of fused-ring (bicyclic) bond motifs is 1. The first-order valence-corrected chi connectivity index (χ1v) is 11.9. The number of nitrogens with one attached hydrogen (secondary N) is 1. The number of carbonyl (C=O) groups is 2. The molecule has 3 aromatic rings. The fourth-order valence-electron chi connectivity index (χ4n) is 3.59. The van der Waals surface area contributed by atoms with E-state index in [1.54, 1.807) is 18.2 Å². The van der Waals surface area contributed by atoms with Crippen LogP contribution < -0.4 is 20.5 Å². The molecule has 2 heterocycles. The molecule has 33 heavy (non-hydrogen) atoms. The third-order valence-electron chi connectivity index (χ3n) is 5.43. The van der Waals surface area contributed by atoms with Gasteiger partial charge in [-0.1, -0.05) is 19.1 Å². The van der Waals surface area contributed by atoms with Crippen molar-refractivity contribution < 1.29 is 19.1 Å². The summed E-state index contributed by atoms with van der Waals surface area (Å²) in [7, 11) is 0. The highest BCUT2D eigenvalue weighted by molar-refractivity contribution is 7.09. The Kier molecular flexibility index (Phi) is 7.24. The minimum absolute atomic E-state index is 0.0948. The van der Waals surface area contributed by atoms with E-state index in [2.05, 4.69) is 17.2 Å². The molecular formula is C25H27N3O4S. The minimum Gasteiger partial charge on any atom is -0.486 e. The van der Waals surface area contributed by atoms with Crippen LogP contribution in [0.2, 0.25) is 0 Å². The second-order valence-electron chi connectivity index (χ2n) is 7.88. The number of amides is 1. The number of hydrogen-bond acceptors (Lipinski definition) is 7. The molecule has 1 aliphatic rings. The maximum Gasteiger partial charge on any atom is 0.221 e. The highest BCUT2D eigenvalue weighted by Gasteiger charge is 2.20. The number of hydrogen-bond donors (Lipinski definition) is 2. The lowest BCUT2D eigenvalue weighted by molar-refractivity contribution is -0.121. The standard InChI is InChI=1S/C25H27N3O4S/c1-2-19-15-33-25(27-19)20(13-16-3-6-18(26)7-4-16)28-24(30)10-8-21(29)17-5-9-22-23(14-17)32-12-11-31-22/h3-7,9,14-15,20H,2,8,10-13,26H2,1H3,(H,28,30). The van der Waals surface area contributed by atoms with Gasteiger partial charge in [0.05, 0.1) is 11.7 Å². The number of aromatic nitrogens is 1. The van der Waals surface area contributed by atoms with Crippen molar-refractivity contribution in [1.82, 2.24) is 10.3 Å². The van der Waals surface area contributed by atoms with Crippen molar-refractivity contribution in [2.24, 2.45) is 0 Å². The zero-order valence-electron chi connectivity index (χ0n) is 18.5. The van der Waals surface area contributed by atoms with Gasteiger partial charge in [0, 0.05) is 29.5 Å². The third kappa shape index (κ3) is 5.90. The second kappa shape index (κ2) is 10.5. The topological polar surface area (TPSA) is 104 Å². The summed E-state index contributed by atoms with van der Waals surface area (Å²) in [5.74, 6) is 0.904. The summed E-state index contributed by atoms with van der Waals surface area (Å²) in [6.07, 6.45) is 1.64. The van der Waals surface area contributed by atoms with Crippen molar-refractivity contribution in [3.63, 3.8) is 0 Å². The quantitative estimate of drug-likeness (QED) is 0.364. The first kappa shape index (κ1) is 22.8. The van der Waals surface area contributed by atoms with Gasteiger partial charge in [-0.3, -0.25) is 9.59 Å². The van der Waals surface area contributed by atoms with Crippen molar-refractivity contribution in [2.45, 2.75) is 38.6 Å². The van der Waals surface area contributed by atoms with Crippen LogP contribution in [0.4, 0.5) is 5.69 Å². The van der Waals surface area contributed by atoms with E-state index in [4.69, 9.17) is 15.2 Å². The van der Waals surface area contributed by atoms with E-state index in [0.717, 1.165) is 22.7 Å². The predicted octanol–water partition coefficient (Wildman–Crippen LogP) is 4.12. The van der Waals surface area contributed by atoms with Crippen LogP contribution in [0.5, 0.6) is 11.5 Å². The summed E-state index contributed by atoms with van der Waals surface area (Å²) in [4.78, 5) is 30.1. The number of carbonyl (C=O) groups excluding carboxylic acids is 2. The predicted molar refractivity (Wildman–Crippen MR) is 128 cm³/mol. The number of nitrogens with two attached hydrogens (primary N) is 1. The van der Waals surface area contributed by atoms with Gasteiger partial charge in [-0.15, -0.1) is 11.3 Å². The molecule has 0 bridgehead atoms.